The molecule has 1 aliphatic heterocycles. The fourth-order valence-corrected chi connectivity index (χ4v) is 2.51. The van der Waals surface area contributed by atoms with E-state index in [0.717, 1.165) is 12.1 Å². The number of carbonyl (C=O) groups is 1. The molecule has 0 unspecified atom stereocenters. The van der Waals surface area contributed by atoms with E-state index in [-0.39, 0.29) is 12.1 Å². The van der Waals surface area contributed by atoms with Crippen molar-refractivity contribution in [3.05, 3.63) is 47.8 Å². The van der Waals surface area contributed by atoms with Gasteiger partial charge in [-0.25, -0.2) is 8.78 Å². The summed E-state index contributed by atoms with van der Waals surface area (Å²) >= 11 is 0. The van der Waals surface area contributed by atoms with Crippen LogP contribution < -0.4 is 5.46 Å². The molecule has 2 heterocycles. The molecule has 0 atom stereocenters. The van der Waals surface area contributed by atoms with E-state index in [1.54, 1.807) is 12.4 Å². The molecule has 0 saturated carbocycles. The molecule has 3 rings (SSSR count). The third-order valence-corrected chi connectivity index (χ3v) is 4.72. The van der Waals surface area contributed by atoms with Crippen molar-refractivity contribution in [2.24, 2.45) is 0 Å². The molecule has 5 nitrogen and oxygen atoms in total. The topological polar surface area (TPSA) is 53.4 Å². The van der Waals surface area contributed by atoms with Crippen LogP contribution in [0.2, 0.25) is 0 Å². The number of benzene rings is 1. The highest BCUT2D eigenvalue weighted by atomic mass is 19.1. The molecule has 0 spiro atoms. The first-order chi connectivity index (χ1) is 11.6. The van der Waals surface area contributed by atoms with Gasteiger partial charge in [0.25, 0.3) is 0 Å². The predicted molar refractivity (Wildman–Crippen MR) is 88.6 cm³/mol. The van der Waals surface area contributed by atoms with Gasteiger partial charge in [0, 0.05) is 23.9 Å². The van der Waals surface area contributed by atoms with Crippen molar-refractivity contribution in [3.63, 3.8) is 0 Å². The lowest BCUT2D eigenvalue weighted by Gasteiger charge is -2.32. The SMILES string of the molecule is CC1(C)OB(c2cnn(CC(=O)c3ccc(F)cc3F)c2)OC1(C)C. The zero-order valence-corrected chi connectivity index (χ0v) is 14.5. The van der Waals surface area contributed by atoms with Crippen molar-refractivity contribution in [2.75, 3.05) is 0 Å². The normalized spacial score (nSPS) is 18.6. The van der Waals surface area contributed by atoms with Crippen LogP contribution in [0.3, 0.4) is 0 Å². The molecule has 1 fully saturated rings. The highest BCUT2D eigenvalue weighted by molar-refractivity contribution is 6.62. The minimum absolute atomic E-state index is 0.165. The number of aromatic nitrogens is 2. The van der Waals surface area contributed by atoms with Gasteiger partial charge in [0.05, 0.1) is 16.8 Å². The van der Waals surface area contributed by atoms with Gasteiger partial charge < -0.3 is 9.31 Å². The first-order valence-corrected chi connectivity index (χ1v) is 7.95. The Labute approximate surface area is 145 Å². The average Bonchev–Trinajstić information content (AvgIpc) is 3.01. The third-order valence-electron chi connectivity index (χ3n) is 4.72. The molecule has 1 saturated heterocycles. The van der Waals surface area contributed by atoms with Crippen LogP contribution in [0.15, 0.2) is 30.6 Å². The van der Waals surface area contributed by atoms with Crippen LogP contribution in [0.25, 0.3) is 0 Å². The number of hydrogen-bond acceptors (Lipinski definition) is 4. The van der Waals surface area contributed by atoms with Gasteiger partial charge in [-0.05, 0) is 39.8 Å². The Morgan fingerprint density at radius 3 is 2.44 bits per heavy atom. The van der Waals surface area contributed by atoms with Gasteiger partial charge >= 0.3 is 7.12 Å². The fourth-order valence-electron chi connectivity index (χ4n) is 2.51. The lowest BCUT2D eigenvalue weighted by Crippen LogP contribution is -2.41. The number of rotatable bonds is 4. The first-order valence-electron chi connectivity index (χ1n) is 7.95. The number of Topliss-reactive ketones (excluding diaryl/α,β-unsaturated/α-hetero) is 1. The van der Waals surface area contributed by atoms with Gasteiger partial charge in [0.15, 0.2) is 5.78 Å². The van der Waals surface area contributed by atoms with Gasteiger partial charge in [0.2, 0.25) is 0 Å². The summed E-state index contributed by atoms with van der Waals surface area (Å²) < 4.78 is 39.9. The van der Waals surface area contributed by atoms with Gasteiger partial charge in [-0.2, -0.15) is 5.10 Å². The predicted octanol–water partition coefficient (Wildman–Crippen LogP) is 2.34. The molecule has 0 aliphatic carbocycles. The summed E-state index contributed by atoms with van der Waals surface area (Å²) in [6.07, 6.45) is 3.18. The van der Waals surface area contributed by atoms with E-state index in [2.05, 4.69) is 5.10 Å². The second kappa shape index (κ2) is 6.03. The van der Waals surface area contributed by atoms with Crippen molar-refractivity contribution in [3.8, 4) is 0 Å². The Balaban J connectivity index is 1.73. The summed E-state index contributed by atoms with van der Waals surface area (Å²) in [5.74, 6) is -2.11. The van der Waals surface area contributed by atoms with Gasteiger partial charge in [-0.1, -0.05) is 0 Å². The highest BCUT2D eigenvalue weighted by Crippen LogP contribution is 2.36. The second-order valence-corrected chi connectivity index (χ2v) is 7.11. The van der Waals surface area contributed by atoms with Gasteiger partial charge in [-0.3, -0.25) is 9.48 Å². The maximum atomic E-state index is 13.7. The van der Waals surface area contributed by atoms with Crippen LogP contribution in [0.5, 0.6) is 0 Å². The highest BCUT2D eigenvalue weighted by Gasteiger charge is 2.52. The second-order valence-electron chi connectivity index (χ2n) is 7.11. The van der Waals surface area contributed by atoms with E-state index >= 15 is 0 Å². The lowest BCUT2D eigenvalue weighted by atomic mass is 9.82. The Bertz CT molecular complexity index is 804. The largest absolute Gasteiger partial charge is 0.498 e. The van der Waals surface area contributed by atoms with Crippen LogP contribution in [-0.2, 0) is 15.9 Å². The van der Waals surface area contributed by atoms with Crippen LogP contribution in [0.4, 0.5) is 8.78 Å². The quantitative estimate of drug-likeness (QED) is 0.629. The zero-order chi connectivity index (χ0) is 18.4. The molecular weight excluding hydrogens is 329 g/mol. The molecule has 1 aliphatic rings. The maximum absolute atomic E-state index is 13.7. The van der Waals surface area contributed by atoms with Crippen molar-refractivity contribution in [1.82, 2.24) is 9.78 Å². The fraction of sp³-hybridized carbons (Fsp3) is 0.412. The van der Waals surface area contributed by atoms with E-state index in [4.69, 9.17) is 9.31 Å². The van der Waals surface area contributed by atoms with Gasteiger partial charge in [0.1, 0.15) is 18.2 Å². The monoisotopic (exact) mass is 348 g/mol. The standard InChI is InChI=1S/C17H19BF2N2O3/c1-16(2)17(3,4)25-18(24-16)11-8-21-22(9-11)10-15(23)13-6-5-12(19)7-14(13)20/h5-9H,10H2,1-4H3. The number of hydrogen-bond donors (Lipinski definition) is 0. The summed E-state index contributed by atoms with van der Waals surface area (Å²) in [6, 6.07) is 2.87. The molecule has 0 amide bonds. The zero-order valence-electron chi connectivity index (χ0n) is 14.5. The molecule has 1 aromatic carbocycles. The molecular formula is C17H19BF2N2O3. The average molecular weight is 348 g/mol. The summed E-state index contributed by atoms with van der Waals surface area (Å²) in [5.41, 5.74) is -0.459. The number of halogens is 2. The molecule has 1 aromatic heterocycles. The Kier molecular flexibility index (Phi) is 4.29. The van der Waals surface area contributed by atoms with Crippen molar-refractivity contribution < 1.29 is 22.9 Å². The Morgan fingerprint density at radius 1 is 1.20 bits per heavy atom. The minimum atomic E-state index is -0.886. The van der Waals surface area contributed by atoms with Crippen LogP contribution >= 0.6 is 0 Å². The Hall–Kier alpha value is -2.06. The van der Waals surface area contributed by atoms with Crippen LogP contribution in [-0.4, -0.2) is 33.9 Å². The summed E-state index contributed by atoms with van der Waals surface area (Å²) in [5, 5.41) is 4.11. The van der Waals surface area contributed by atoms with Crippen molar-refractivity contribution >= 4 is 18.4 Å². The van der Waals surface area contributed by atoms with E-state index in [1.165, 1.54) is 4.68 Å². The minimum Gasteiger partial charge on any atom is -0.399 e. The Morgan fingerprint density at radius 2 is 1.84 bits per heavy atom. The molecule has 2 aromatic rings. The van der Waals surface area contributed by atoms with Crippen LogP contribution in [0.1, 0.15) is 38.1 Å². The van der Waals surface area contributed by atoms with E-state index in [0.29, 0.717) is 11.5 Å². The number of ketones is 1. The first kappa shape index (κ1) is 17.8. The third kappa shape index (κ3) is 3.36. The van der Waals surface area contributed by atoms with E-state index in [9.17, 15) is 13.6 Å². The molecule has 132 valence electrons. The summed E-state index contributed by atoms with van der Waals surface area (Å²) in [6.45, 7) is 7.61. The molecule has 0 bridgehead atoms. The molecule has 0 N–H and O–H groups in total. The molecule has 25 heavy (non-hydrogen) atoms. The van der Waals surface area contributed by atoms with Crippen LogP contribution in [0, 0.1) is 11.6 Å². The summed E-state index contributed by atoms with van der Waals surface area (Å²) in [4.78, 5) is 12.2. The summed E-state index contributed by atoms with van der Waals surface area (Å²) in [7, 11) is -0.587. The maximum Gasteiger partial charge on any atom is 0.498 e. The smallest absolute Gasteiger partial charge is 0.399 e. The van der Waals surface area contributed by atoms with Crippen molar-refractivity contribution in [1.29, 1.82) is 0 Å². The van der Waals surface area contributed by atoms with E-state index in [1.807, 2.05) is 27.7 Å². The lowest BCUT2D eigenvalue weighted by molar-refractivity contribution is 0.00578. The number of carbonyl (C=O) groups excluding carboxylic acids is 1. The van der Waals surface area contributed by atoms with Gasteiger partial charge in [-0.15, -0.1) is 0 Å². The van der Waals surface area contributed by atoms with Crippen molar-refractivity contribution in [2.45, 2.75) is 45.4 Å². The molecule has 0 radical (unpaired) electrons. The number of nitrogens with zero attached hydrogens (tertiary/aromatic N) is 2. The molecule has 8 heteroatoms. The van der Waals surface area contributed by atoms with E-state index < -0.39 is 35.7 Å².